The Morgan fingerprint density at radius 2 is 1.93 bits per heavy atom. The Kier molecular flexibility index (Phi) is 4.77. The monoisotopic (exact) mass is 378 g/mol. The number of hydrogen-bond acceptors (Lipinski definition) is 4. The highest BCUT2D eigenvalue weighted by molar-refractivity contribution is 5.98. The van der Waals surface area contributed by atoms with Crippen LogP contribution in [-0.4, -0.2) is 36.9 Å². The number of carbonyl (C=O) groups is 2. The summed E-state index contributed by atoms with van der Waals surface area (Å²) in [7, 11) is 1.76. The highest BCUT2D eigenvalue weighted by Gasteiger charge is 2.27. The summed E-state index contributed by atoms with van der Waals surface area (Å²) in [4.78, 5) is 28.3. The van der Waals surface area contributed by atoms with Crippen molar-refractivity contribution >= 4 is 28.5 Å². The molecule has 1 aliphatic heterocycles. The Labute approximate surface area is 163 Å². The summed E-state index contributed by atoms with van der Waals surface area (Å²) in [6.07, 6.45) is 0.223. The van der Waals surface area contributed by atoms with Gasteiger partial charge in [0.25, 0.3) is 5.91 Å². The van der Waals surface area contributed by atoms with Crippen LogP contribution in [0.3, 0.4) is 0 Å². The number of furan rings is 1. The zero-order chi connectivity index (χ0) is 19.7. The molecule has 1 aliphatic rings. The predicted octanol–water partition coefficient (Wildman–Crippen LogP) is 3.77. The van der Waals surface area contributed by atoms with Crippen LogP contribution in [0, 0.1) is 0 Å². The Morgan fingerprint density at radius 1 is 1.18 bits per heavy atom. The molecule has 0 radical (unpaired) electrons. The summed E-state index contributed by atoms with van der Waals surface area (Å²) < 4.78 is 11.3. The van der Waals surface area contributed by atoms with Gasteiger partial charge in [-0.2, -0.15) is 0 Å². The van der Waals surface area contributed by atoms with Crippen molar-refractivity contribution in [1.82, 2.24) is 4.90 Å². The van der Waals surface area contributed by atoms with Gasteiger partial charge in [-0.05, 0) is 31.2 Å². The highest BCUT2D eigenvalue weighted by atomic mass is 16.5. The summed E-state index contributed by atoms with van der Waals surface area (Å²) in [5.41, 5.74) is 1.51. The van der Waals surface area contributed by atoms with Crippen LogP contribution in [0.5, 0.6) is 5.75 Å². The topological polar surface area (TPSA) is 63.0 Å². The maximum absolute atomic E-state index is 12.7. The first-order valence-electron chi connectivity index (χ1n) is 9.31. The van der Waals surface area contributed by atoms with Gasteiger partial charge in [-0.1, -0.05) is 30.3 Å². The maximum Gasteiger partial charge on any atom is 0.265 e. The average molecular weight is 378 g/mol. The van der Waals surface area contributed by atoms with E-state index < -0.39 is 0 Å². The van der Waals surface area contributed by atoms with Crippen molar-refractivity contribution in [1.29, 1.82) is 0 Å². The largest absolute Gasteiger partial charge is 0.482 e. The molecule has 6 nitrogen and oxygen atoms in total. The van der Waals surface area contributed by atoms with Gasteiger partial charge < -0.3 is 19.0 Å². The third kappa shape index (κ3) is 3.33. The van der Waals surface area contributed by atoms with Crippen molar-refractivity contribution < 1.29 is 18.7 Å². The predicted molar refractivity (Wildman–Crippen MR) is 106 cm³/mol. The number of amides is 2. The van der Waals surface area contributed by atoms with Gasteiger partial charge in [0.15, 0.2) is 6.61 Å². The van der Waals surface area contributed by atoms with Crippen LogP contribution in [0.1, 0.15) is 25.1 Å². The Bertz CT molecular complexity index is 993. The zero-order valence-electron chi connectivity index (χ0n) is 15.9. The molecule has 0 aliphatic carbocycles. The third-order valence-corrected chi connectivity index (χ3v) is 5.19. The van der Waals surface area contributed by atoms with Gasteiger partial charge in [-0.3, -0.25) is 9.59 Å². The molecule has 144 valence electrons. The SMILES string of the molecule is C[C@@H](c1cc2ccccc2o1)N(C)C(=O)CCN1C(=O)COc2ccccc21. The Hall–Kier alpha value is -3.28. The number of hydrogen-bond donors (Lipinski definition) is 0. The third-order valence-electron chi connectivity index (χ3n) is 5.19. The Balaban J connectivity index is 1.44. The van der Waals surface area contributed by atoms with Crippen LogP contribution < -0.4 is 9.64 Å². The van der Waals surface area contributed by atoms with Crippen molar-refractivity contribution in [3.63, 3.8) is 0 Å². The lowest BCUT2D eigenvalue weighted by Gasteiger charge is -2.30. The van der Waals surface area contributed by atoms with E-state index in [9.17, 15) is 9.59 Å². The van der Waals surface area contributed by atoms with Crippen LogP contribution in [-0.2, 0) is 9.59 Å². The normalized spacial score (nSPS) is 14.5. The summed E-state index contributed by atoms with van der Waals surface area (Å²) >= 11 is 0. The van der Waals surface area contributed by atoms with E-state index >= 15 is 0 Å². The number of carbonyl (C=O) groups excluding carboxylic acids is 2. The fourth-order valence-corrected chi connectivity index (χ4v) is 3.40. The molecule has 2 heterocycles. The van der Waals surface area contributed by atoms with E-state index in [4.69, 9.17) is 9.15 Å². The molecule has 0 saturated carbocycles. The van der Waals surface area contributed by atoms with Gasteiger partial charge in [-0.15, -0.1) is 0 Å². The molecule has 0 unspecified atom stereocenters. The van der Waals surface area contributed by atoms with Crippen molar-refractivity contribution in [2.75, 3.05) is 25.1 Å². The molecule has 2 amide bonds. The van der Waals surface area contributed by atoms with E-state index in [0.717, 1.165) is 16.7 Å². The van der Waals surface area contributed by atoms with Crippen LogP contribution in [0.25, 0.3) is 11.0 Å². The van der Waals surface area contributed by atoms with E-state index in [-0.39, 0.29) is 30.9 Å². The van der Waals surface area contributed by atoms with Crippen LogP contribution >= 0.6 is 0 Å². The van der Waals surface area contributed by atoms with Crippen LogP contribution in [0.4, 0.5) is 5.69 Å². The molecule has 1 atom stereocenters. The van der Waals surface area contributed by atoms with Crippen molar-refractivity contribution in [2.45, 2.75) is 19.4 Å². The summed E-state index contributed by atoms with van der Waals surface area (Å²) in [5.74, 6) is 1.22. The minimum atomic E-state index is -0.201. The molecule has 0 saturated heterocycles. The number of para-hydroxylation sites is 3. The molecule has 3 aromatic rings. The first-order valence-corrected chi connectivity index (χ1v) is 9.31. The lowest BCUT2D eigenvalue weighted by molar-refractivity contribution is -0.132. The van der Waals surface area contributed by atoms with Crippen LogP contribution in [0.2, 0.25) is 0 Å². The van der Waals surface area contributed by atoms with E-state index in [1.165, 1.54) is 0 Å². The van der Waals surface area contributed by atoms with E-state index in [1.54, 1.807) is 16.8 Å². The number of rotatable bonds is 5. The van der Waals surface area contributed by atoms with E-state index in [1.807, 2.05) is 61.5 Å². The van der Waals surface area contributed by atoms with Gasteiger partial charge >= 0.3 is 0 Å². The fourth-order valence-electron chi connectivity index (χ4n) is 3.40. The molecule has 2 aromatic carbocycles. The zero-order valence-corrected chi connectivity index (χ0v) is 15.9. The second-order valence-corrected chi connectivity index (χ2v) is 6.92. The lowest BCUT2D eigenvalue weighted by atomic mass is 10.1. The van der Waals surface area contributed by atoms with Crippen molar-refractivity contribution in [3.05, 3.63) is 60.4 Å². The summed E-state index contributed by atoms with van der Waals surface area (Å²) in [6, 6.07) is 16.9. The standard InChI is InChI=1S/C22H22N2O4/c1-15(20-13-16-7-3-5-9-18(16)28-20)23(2)21(25)11-12-24-17-8-4-6-10-19(17)27-14-22(24)26/h3-10,13,15H,11-12,14H2,1-2H3/t15-/m0/s1. The average Bonchev–Trinajstić information content (AvgIpc) is 3.16. The lowest BCUT2D eigenvalue weighted by Crippen LogP contribution is -2.41. The number of nitrogens with zero attached hydrogens (tertiary/aromatic N) is 2. The first-order chi connectivity index (χ1) is 13.5. The van der Waals surface area contributed by atoms with E-state index in [2.05, 4.69) is 0 Å². The molecule has 0 bridgehead atoms. The van der Waals surface area contributed by atoms with Gasteiger partial charge in [0.2, 0.25) is 5.91 Å². The molecule has 6 heteroatoms. The molecular weight excluding hydrogens is 356 g/mol. The minimum Gasteiger partial charge on any atom is -0.482 e. The van der Waals surface area contributed by atoms with Gasteiger partial charge in [0, 0.05) is 25.4 Å². The second-order valence-electron chi connectivity index (χ2n) is 6.92. The smallest absolute Gasteiger partial charge is 0.265 e. The molecule has 0 fully saturated rings. The quantitative estimate of drug-likeness (QED) is 0.678. The molecule has 28 heavy (non-hydrogen) atoms. The molecule has 1 aromatic heterocycles. The number of fused-ring (bicyclic) bond motifs is 2. The van der Waals surface area contributed by atoms with Crippen molar-refractivity contribution in [3.8, 4) is 5.75 Å². The first kappa shape index (κ1) is 18.1. The van der Waals surface area contributed by atoms with Crippen molar-refractivity contribution in [2.24, 2.45) is 0 Å². The number of anilines is 1. The molecule has 0 spiro atoms. The molecule has 4 rings (SSSR count). The maximum atomic E-state index is 12.7. The van der Waals surface area contributed by atoms with E-state index in [0.29, 0.717) is 18.0 Å². The van der Waals surface area contributed by atoms with Crippen LogP contribution in [0.15, 0.2) is 59.0 Å². The second kappa shape index (κ2) is 7.38. The van der Waals surface area contributed by atoms with Gasteiger partial charge in [0.05, 0.1) is 11.7 Å². The molecule has 0 N–H and O–H groups in total. The Morgan fingerprint density at radius 3 is 2.75 bits per heavy atom. The number of benzene rings is 2. The summed E-state index contributed by atoms with van der Waals surface area (Å²) in [6.45, 7) is 2.25. The summed E-state index contributed by atoms with van der Waals surface area (Å²) in [5, 5.41) is 1.01. The molecular formula is C22H22N2O4. The minimum absolute atomic E-state index is 0.00354. The highest BCUT2D eigenvalue weighted by Crippen LogP contribution is 2.32. The van der Waals surface area contributed by atoms with Gasteiger partial charge in [-0.25, -0.2) is 0 Å². The fraction of sp³-hybridized carbons (Fsp3) is 0.273. The van der Waals surface area contributed by atoms with Gasteiger partial charge in [0.1, 0.15) is 17.1 Å². The number of ether oxygens (including phenoxy) is 1.